The summed E-state index contributed by atoms with van der Waals surface area (Å²) in [5.41, 5.74) is 0. The van der Waals surface area contributed by atoms with Crippen LogP contribution in [-0.4, -0.2) is 64.1 Å². The fraction of sp³-hybridized carbons (Fsp3) is 0.750. The molecule has 0 unspecified atom stereocenters. The first-order valence-electron chi connectivity index (χ1n) is 8.40. The van der Waals surface area contributed by atoms with Gasteiger partial charge in [0.15, 0.2) is 0 Å². The maximum Gasteiger partial charge on any atom is 0.251 e. The Morgan fingerprint density at radius 1 is 1.41 bits per heavy atom. The first-order chi connectivity index (χ1) is 10.7. The van der Waals surface area contributed by atoms with Crippen molar-refractivity contribution in [1.29, 1.82) is 0 Å². The number of hydrogen-bond donors (Lipinski definition) is 1. The van der Waals surface area contributed by atoms with E-state index in [1.807, 2.05) is 11.1 Å². The third-order valence-electron chi connectivity index (χ3n) is 4.88. The van der Waals surface area contributed by atoms with Crippen molar-refractivity contribution in [1.82, 2.24) is 19.8 Å². The molecule has 1 N–H and O–H groups in total. The number of nitrogens with zero attached hydrogens (tertiary/aromatic N) is 3. The van der Waals surface area contributed by atoms with Crippen LogP contribution in [0.4, 0.5) is 0 Å². The van der Waals surface area contributed by atoms with Crippen LogP contribution in [0.15, 0.2) is 12.4 Å². The number of carbonyl (C=O) groups excluding carboxylic acids is 1. The number of H-pyrrole nitrogens is 1. The second-order valence-corrected chi connectivity index (χ2v) is 6.14. The summed E-state index contributed by atoms with van der Waals surface area (Å²) in [6, 6.07) is 0.154. The molecule has 3 heterocycles. The van der Waals surface area contributed by atoms with E-state index in [9.17, 15) is 4.79 Å². The van der Waals surface area contributed by atoms with Gasteiger partial charge in [0.25, 0.3) is 5.91 Å². The van der Waals surface area contributed by atoms with Gasteiger partial charge >= 0.3 is 0 Å². The molecule has 2 saturated heterocycles. The van der Waals surface area contributed by atoms with Gasteiger partial charge in [0.1, 0.15) is 11.9 Å². The van der Waals surface area contributed by atoms with Crippen molar-refractivity contribution in [3.8, 4) is 0 Å². The van der Waals surface area contributed by atoms with Gasteiger partial charge in [0, 0.05) is 32.0 Å². The van der Waals surface area contributed by atoms with E-state index >= 15 is 0 Å². The number of rotatable bonds is 4. The third kappa shape index (κ3) is 3.03. The molecule has 2 fully saturated rings. The van der Waals surface area contributed by atoms with Gasteiger partial charge in [-0.25, -0.2) is 4.98 Å². The van der Waals surface area contributed by atoms with Crippen LogP contribution in [0.25, 0.3) is 0 Å². The highest BCUT2D eigenvalue weighted by molar-refractivity contribution is 5.81. The van der Waals surface area contributed by atoms with Crippen molar-refractivity contribution in [3.05, 3.63) is 18.2 Å². The Balaban J connectivity index is 1.66. The number of imidazole rings is 1. The maximum absolute atomic E-state index is 12.7. The highest BCUT2D eigenvalue weighted by Crippen LogP contribution is 2.27. The molecule has 1 aromatic heterocycles. The summed E-state index contributed by atoms with van der Waals surface area (Å²) in [7, 11) is 0. The SMILES string of the molecule is CC[C@@H]1CC[C@@H](C(=O)N2CCN(CC)[C@H](c3ncc[nH]3)C2)O1. The third-order valence-corrected chi connectivity index (χ3v) is 4.88. The lowest BCUT2D eigenvalue weighted by molar-refractivity contribution is -0.146. The molecule has 2 aliphatic rings. The van der Waals surface area contributed by atoms with Crippen LogP contribution in [0.5, 0.6) is 0 Å². The van der Waals surface area contributed by atoms with E-state index in [0.29, 0.717) is 6.54 Å². The number of ether oxygens (including phenoxy) is 1. The van der Waals surface area contributed by atoms with Crippen molar-refractivity contribution in [2.24, 2.45) is 0 Å². The van der Waals surface area contributed by atoms with Crippen molar-refractivity contribution in [2.45, 2.75) is 51.4 Å². The van der Waals surface area contributed by atoms with Gasteiger partial charge in [0.2, 0.25) is 0 Å². The number of amides is 1. The average Bonchev–Trinajstić information content (AvgIpc) is 3.24. The number of nitrogens with one attached hydrogen (secondary N) is 1. The average molecular weight is 306 g/mol. The summed E-state index contributed by atoms with van der Waals surface area (Å²) in [6.07, 6.45) is 6.48. The van der Waals surface area contributed by atoms with E-state index in [-0.39, 0.29) is 24.2 Å². The van der Waals surface area contributed by atoms with E-state index in [4.69, 9.17) is 4.74 Å². The lowest BCUT2D eigenvalue weighted by atomic mass is 10.1. The minimum Gasteiger partial charge on any atom is -0.365 e. The van der Waals surface area contributed by atoms with E-state index in [2.05, 4.69) is 28.7 Å². The van der Waals surface area contributed by atoms with Crippen LogP contribution in [0, 0.1) is 0 Å². The monoisotopic (exact) mass is 306 g/mol. The minimum atomic E-state index is -0.240. The lowest BCUT2D eigenvalue weighted by Crippen LogP contribution is -2.53. The molecule has 1 amide bonds. The Hall–Kier alpha value is -1.40. The first-order valence-corrected chi connectivity index (χ1v) is 8.40. The largest absolute Gasteiger partial charge is 0.365 e. The Bertz CT molecular complexity index is 490. The molecule has 0 spiro atoms. The van der Waals surface area contributed by atoms with Crippen LogP contribution in [0.2, 0.25) is 0 Å². The van der Waals surface area contributed by atoms with Crippen LogP contribution in [0.3, 0.4) is 0 Å². The van der Waals surface area contributed by atoms with Gasteiger partial charge in [-0.3, -0.25) is 9.69 Å². The molecule has 22 heavy (non-hydrogen) atoms. The Morgan fingerprint density at radius 3 is 2.91 bits per heavy atom. The standard InChI is InChI=1S/C16H26N4O2/c1-3-12-5-6-14(22-12)16(21)20-10-9-19(4-2)13(11-20)15-17-7-8-18-15/h7-8,12-14H,3-6,9-11H2,1-2H3,(H,17,18)/t12-,13+,14+/m1/s1. The molecule has 6 heteroatoms. The molecule has 122 valence electrons. The predicted molar refractivity (Wildman–Crippen MR) is 83.3 cm³/mol. The van der Waals surface area contributed by atoms with Crippen molar-refractivity contribution < 1.29 is 9.53 Å². The zero-order valence-electron chi connectivity index (χ0n) is 13.5. The van der Waals surface area contributed by atoms with Gasteiger partial charge < -0.3 is 14.6 Å². The maximum atomic E-state index is 12.7. The van der Waals surface area contributed by atoms with Crippen LogP contribution >= 0.6 is 0 Å². The van der Waals surface area contributed by atoms with E-state index < -0.39 is 0 Å². The molecule has 0 saturated carbocycles. The summed E-state index contributed by atoms with van der Waals surface area (Å²) in [5, 5.41) is 0. The molecule has 1 aromatic rings. The Labute approximate surface area is 131 Å². The summed E-state index contributed by atoms with van der Waals surface area (Å²) in [5.74, 6) is 1.10. The van der Waals surface area contributed by atoms with Crippen LogP contribution in [0.1, 0.15) is 45.0 Å². The van der Waals surface area contributed by atoms with Crippen molar-refractivity contribution in [2.75, 3.05) is 26.2 Å². The molecule has 2 aliphatic heterocycles. The van der Waals surface area contributed by atoms with Crippen LogP contribution < -0.4 is 0 Å². The Kier molecular flexibility index (Phi) is 4.78. The zero-order chi connectivity index (χ0) is 15.5. The smallest absolute Gasteiger partial charge is 0.251 e. The highest BCUT2D eigenvalue weighted by atomic mass is 16.5. The summed E-state index contributed by atoms with van der Waals surface area (Å²) >= 11 is 0. The summed E-state index contributed by atoms with van der Waals surface area (Å²) in [6.45, 7) is 7.59. The van der Waals surface area contributed by atoms with Crippen LogP contribution in [-0.2, 0) is 9.53 Å². The quantitative estimate of drug-likeness (QED) is 0.917. The highest BCUT2D eigenvalue weighted by Gasteiger charge is 2.37. The molecule has 0 bridgehead atoms. The number of piperazine rings is 1. The topological polar surface area (TPSA) is 61.5 Å². The first kappa shape index (κ1) is 15.5. The van der Waals surface area contributed by atoms with Gasteiger partial charge in [-0.15, -0.1) is 0 Å². The summed E-state index contributed by atoms with van der Waals surface area (Å²) < 4.78 is 5.88. The number of carbonyl (C=O) groups is 1. The summed E-state index contributed by atoms with van der Waals surface area (Å²) in [4.78, 5) is 24.6. The molecule has 0 aliphatic carbocycles. The molecule has 6 nitrogen and oxygen atoms in total. The van der Waals surface area contributed by atoms with E-state index in [0.717, 1.165) is 44.7 Å². The van der Waals surface area contributed by atoms with Gasteiger partial charge in [-0.2, -0.15) is 0 Å². The number of likely N-dealkylation sites (N-methyl/N-ethyl adjacent to an activating group) is 1. The van der Waals surface area contributed by atoms with E-state index in [1.165, 1.54) is 0 Å². The molecular weight excluding hydrogens is 280 g/mol. The lowest BCUT2D eigenvalue weighted by Gasteiger charge is -2.40. The zero-order valence-corrected chi connectivity index (χ0v) is 13.5. The second kappa shape index (κ2) is 6.79. The van der Waals surface area contributed by atoms with Gasteiger partial charge in [-0.1, -0.05) is 13.8 Å². The molecule has 3 atom stereocenters. The fourth-order valence-electron chi connectivity index (χ4n) is 3.51. The number of hydrogen-bond acceptors (Lipinski definition) is 4. The predicted octanol–water partition coefficient (Wildman–Crippen LogP) is 1.57. The minimum absolute atomic E-state index is 0.154. The van der Waals surface area contributed by atoms with Gasteiger partial charge in [-0.05, 0) is 25.8 Å². The fourth-order valence-corrected chi connectivity index (χ4v) is 3.51. The Morgan fingerprint density at radius 2 is 2.27 bits per heavy atom. The molecule has 0 aromatic carbocycles. The molecule has 0 radical (unpaired) electrons. The van der Waals surface area contributed by atoms with Crippen molar-refractivity contribution >= 4 is 5.91 Å². The van der Waals surface area contributed by atoms with Crippen molar-refractivity contribution in [3.63, 3.8) is 0 Å². The molecular formula is C16H26N4O2. The van der Waals surface area contributed by atoms with Gasteiger partial charge in [0.05, 0.1) is 12.1 Å². The van der Waals surface area contributed by atoms with E-state index in [1.54, 1.807) is 6.20 Å². The number of aromatic nitrogens is 2. The normalized spacial score (nSPS) is 29.9. The second-order valence-electron chi connectivity index (χ2n) is 6.14. The molecule has 3 rings (SSSR count). The number of aromatic amines is 1.